The fourth-order valence-corrected chi connectivity index (χ4v) is 3.59. The molecule has 1 fully saturated rings. The lowest BCUT2D eigenvalue weighted by atomic mass is 10.1. The SMILES string of the molecule is CCNC(=NCc1cc(C(C)C)no1)N1CCSC(CC)C1. The first-order chi connectivity index (χ1) is 10.6. The third-order valence-corrected chi connectivity index (χ3v) is 5.15. The molecule has 22 heavy (non-hydrogen) atoms. The van der Waals surface area contributed by atoms with Crippen molar-refractivity contribution in [2.45, 2.75) is 51.8 Å². The van der Waals surface area contributed by atoms with Gasteiger partial charge in [0.15, 0.2) is 11.7 Å². The summed E-state index contributed by atoms with van der Waals surface area (Å²) in [6.07, 6.45) is 1.21. The van der Waals surface area contributed by atoms with Gasteiger partial charge in [-0.3, -0.25) is 0 Å². The lowest BCUT2D eigenvalue weighted by Crippen LogP contribution is -2.47. The van der Waals surface area contributed by atoms with Gasteiger partial charge in [-0.25, -0.2) is 4.99 Å². The Morgan fingerprint density at radius 2 is 2.36 bits per heavy atom. The highest BCUT2D eigenvalue weighted by Gasteiger charge is 2.21. The van der Waals surface area contributed by atoms with Crippen molar-refractivity contribution in [3.63, 3.8) is 0 Å². The molecular formula is C16H28N4OS. The molecule has 2 heterocycles. The maximum absolute atomic E-state index is 5.38. The van der Waals surface area contributed by atoms with Gasteiger partial charge >= 0.3 is 0 Å². The number of thioether (sulfide) groups is 1. The van der Waals surface area contributed by atoms with E-state index in [-0.39, 0.29) is 0 Å². The standard InChI is InChI=1S/C16H28N4OS/c1-5-14-11-20(7-8-22-14)16(17-6-2)18-10-13-9-15(12(3)4)19-21-13/h9,12,14H,5-8,10-11H2,1-4H3,(H,17,18). The van der Waals surface area contributed by atoms with E-state index in [4.69, 9.17) is 9.52 Å². The highest BCUT2D eigenvalue weighted by molar-refractivity contribution is 8.00. The summed E-state index contributed by atoms with van der Waals surface area (Å²) in [4.78, 5) is 7.11. The van der Waals surface area contributed by atoms with E-state index in [2.05, 4.69) is 54.8 Å². The monoisotopic (exact) mass is 324 g/mol. The highest BCUT2D eigenvalue weighted by Crippen LogP contribution is 2.21. The van der Waals surface area contributed by atoms with Crippen LogP contribution >= 0.6 is 11.8 Å². The normalized spacial score (nSPS) is 19.8. The molecule has 1 aromatic rings. The van der Waals surface area contributed by atoms with Crippen LogP contribution in [0.15, 0.2) is 15.6 Å². The van der Waals surface area contributed by atoms with Gasteiger partial charge in [-0.05, 0) is 19.3 Å². The van der Waals surface area contributed by atoms with Crippen molar-refractivity contribution in [2.75, 3.05) is 25.4 Å². The molecule has 1 N–H and O–H groups in total. The molecule has 0 saturated carbocycles. The molecule has 0 aromatic carbocycles. The van der Waals surface area contributed by atoms with E-state index >= 15 is 0 Å². The van der Waals surface area contributed by atoms with Crippen molar-refractivity contribution < 1.29 is 4.52 Å². The first-order valence-electron chi connectivity index (χ1n) is 8.24. The zero-order chi connectivity index (χ0) is 15.9. The van der Waals surface area contributed by atoms with Crippen LogP contribution in [0.5, 0.6) is 0 Å². The zero-order valence-electron chi connectivity index (χ0n) is 14.1. The summed E-state index contributed by atoms with van der Waals surface area (Å²) in [5.74, 6) is 3.38. The number of aliphatic imine (C=N–C) groups is 1. The summed E-state index contributed by atoms with van der Waals surface area (Å²) < 4.78 is 5.38. The van der Waals surface area contributed by atoms with Crippen LogP contribution in [0.2, 0.25) is 0 Å². The van der Waals surface area contributed by atoms with Crippen molar-refractivity contribution in [2.24, 2.45) is 4.99 Å². The number of aromatic nitrogens is 1. The fraction of sp³-hybridized carbons (Fsp3) is 0.750. The van der Waals surface area contributed by atoms with Crippen molar-refractivity contribution in [3.05, 3.63) is 17.5 Å². The number of hydrogen-bond acceptors (Lipinski definition) is 4. The third-order valence-electron chi connectivity index (χ3n) is 3.78. The van der Waals surface area contributed by atoms with Gasteiger partial charge in [-0.15, -0.1) is 0 Å². The molecule has 0 radical (unpaired) electrons. The number of nitrogens with one attached hydrogen (secondary N) is 1. The van der Waals surface area contributed by atoms with Crippen LogP contribution in [0, 0.1) is 0 Å². The van der Waals surface area contributed by atoms with Crippen molar-refractivity contribution in [1.29, 1.82) is 0 Å². The van der Waals surface area contributed by atoms with Crippen LogP contribution in [0.3, 0.4) is 0 Å². The molecule has 0 amide bonds. The number of guanidine groups is 1. The molecule has 124 valence electrons. The average Bonchev–Trinajstić information content (AvgIpc) is 3.00. The Labute approximate surface area is 137 Å². The van der Waals surface area contributed by atoms with E-state index < -0.39 is 0 Å². The molecule has 0 bridgehead atoms. The predicted octanol–water partition coefficient (Wildman–Crippen LogP) is 3.09. The van der Waals surface area contributed by atoms with Crippen LogP contribution in [0.4, 0.5) is 0 Å². The first-order valence-corrected chi connectivity index (χ1v) is 9.29. The second-order valence-corrected chi connectivity index (χ2v) is 7.30. The lowest BCUT2D eigenvalue weighted by Gasteiger charge is -2.34. The molecule has 1 saturated heterocycles. The summed E-state index contributed by atoms with van der Waals surface area (Å²) in [5, 5.41) is 8.20. The van der Waals surface area contributed by atoms with Crippen LogP contribution in [-0.4, -0.2) is 46.7 Å². The van der Waals surface area contributed by atoms with Crippen LogP contribution in [-0.2, 0) is 6.54 Å². The third kappa shape index (κ3) is 4.66. The molecule has 1 aliphatic rings. The Balaban J connectivity index is 2.02. The number of hydrogen-bond donors (Lipinski definition) is 1. The van der Waals surface area contributed by atoms with E-state index in [1.54, 1.807) is 0 Å². The number of nitrogens with zero attached hydrogens (tertiary/aromatic N) is 3. The molecular weight excluding hydrogens is 296 g/mol. The van der Waals surface area contributed by atoms with Crippen LogP contribution < -0.4 is 5.32 Å². The van der Waals surface area contributed by atoms with Gasteiger partial charge < -0.3 is 14.7 Å². The van der Waals surface area contributed by atoms with E-state index in [9.17, 15) is 0 Å². The van der Waals surface area contributed by atoms with Crippen LogP contribution in [0.1, 0.15) is 51.5 Å². The van der Waals surface area contributed by atoms with E-state index in [1.807, 2.05) is 6.07 Å². The fourth-order valence-electron chi connectivity index (χ4n) is 2.41. The van der Waals surface area contributed by atoms with Gasteiger partial charge in [0.05, 0.1) is 5.69 Å². The average molecular weight is 324 g/mol. The largest absolute Gasteiger partial charge is 0.359 e. The Kier molecular flexibility index (Phi) is 6.61. The van der Waals surface area contributed by atoms with Crippen molar-refractivity contribution in [1.82, 2.24) is 15.4 Å². The summed E-state index contributed by atoms with van der Waals surface area (Å²) in [5.41, 5.74) is 0.996. The van der Waals surface area contributed by atoms with Gasteiger partial charge in [-0.1, -0.05) is 25.9 Å². The van der Waals surface area contributed by atoms with Crippen molar-refractivity contribution >= 4 is 17.7 Å². The second-order valence-electron chi connectivity index (χ2n) is 5.89. The minimum Gasteiger partial charge on any atom is -0.359 e. The molecule has 1 aromatic heterocycles. The molecule has 2 rings (SSSR count). The zero-order valence-corrected chi connectivity index (χ0v) is 14.9. The van der Waals surface area contributed by atoms with Crippen molar-refractivity contribution in [3.8, 4) is 0 Å². The maximum atomic E-state index is 5.38. The Bertz CT molecular complexity index is 486. The second kappa shape index (κ2) is 8.46. The summed E-state index contributed by atoms with van der Waals surface area (Å²) >= 11 is 2.07. The van der Waals surface area contributed by atoms with Gasteiger partial charge in [0.2, 0.25) is 0 Å². The molecule has 5 nitrogen and oxygen atoms in total. The van der Waals surface area contributed by atoms with Gasteiger partial charge in [0.1, 0.15) is 6.54 Å². The lowest BCUT2D eigenvalue weighted by molar-refractivity contribution is 0.373. The molecule has 0 spiro atoms. The molecule has 1 atom stereocenters. The van der Waals surface area contributed by atoms with Gasteiger partial charge in [-0.2, -0.15) is 11.8 Å². The minimum absolute atomic E-state index is 0.388. The molecule has 6 heteroatoms. The summed E-state index contributed by atoms with van der Waals surface area (Å²) in [7, 11) is 0. The van der Waals surface area contributed by atoms with Gasteiger partial charge in [0.25, 0.3) is 0 Å². The summed E-state index contributed by atoms with van der Waals surface area (Å²) in [6.45, 7) is 12.2. The Hall–Kier alpha value is -1.17. The predicted molar refractivity (Wildman–Crippen MR) is 93.5 cm³/mol. The molecule has 1 unspecified atom stereocenters. The summed E-state index contributed by atoms with van der Waals surface area (Å²) in [6, 6.07) is 2.01. The smallest absolute Gasteiger partial charge is 0.194 e. The Morgan fingerprint density at radius 1 is 1.55 bits per heavy atom. The topological polar surface area (TPSA) is 53.7 Å². The van der Waals surface area contributed by atoms with E-state index in [0.29, 0.717) is 17.7 Å². The Morgan fingerprint density at radius 3 is 3.00 bits per heavy atom. The van der Waals surface area contributed by atoms with Gasteiger partial charge in [0, 0.05) is 36.7 Å². The first kappa shape index (κ1) is 17.2. The highest BCUT2D eigenvalue weighted by atomic mass is 32.2. The quantitative estimate of drug-likeness (QED) is 0.666. The van der Waals surface area contributed by atoms with E-state index in [0.717, 1.165) is 37.0 Å². The maximum Gasteiger partial charge on any atom is 0.194 e. The molecule has 1 aliphatic heterocycles. The minimum atomic E-state index is 0.388. The van der Waals surface area contributed by atoms with Crippen LogP contribution in [0.25, 0.3) is 0 Å². The number of rotatable bonds is 5. The van der Waals surface area contributed by atoms with E-state index in [1.165, 1.54) is 12.2 Å². The molecule has 0 aliphatic carbocycles.